The summed E-state index contributed by atoms with van der Waals surface area (Å²) in [5, 5.41) is 11.6. The lowest BCUT2D eigenvalue weighted by Gasteiger charge is -2.37. The molecule has 0 atom stereocenters. The molecule has 2 aromatic carbocycles. The van der Waals surface area contributed by atoms with Crippen LogP contribution in [0.15, 0.2) is 48.5 Å². The van der Waals surface area contributed by atoms with Crippen LogP contribution in [0.25, 0.3) is 0 Å². The second-order valence-corrected chi connectivity index (χ2v) is 8.15. The summed E-state index contributed by atoms with van der Waals surface area (Å²) in [6.07, 6.45) is 3.67. The van der Waals surface area contributed by atoms with E-state index in [0.29, 0.717) is 22.6 Å². The molecule has 0 bridgehead atoms. The fourth-order valence-corrected chi connectivity index (χ4v) is 4.03. The van der Waals surface area contributed by atoms with Gasteiger partial charge in [-0.15, -0.1) is 0 Å². The summed E-state index contributed by atoms with van der Waals surface area (Å²) in [7, 11) is 5.35. The molecule has 1 fully saturated rings. The largest absolute Gasteiger partial charge is 1.00 e. The van der Waals surface area contributed by atoms with E-state index in [0.717, 1.165) is 24.1 Å². The van der Waals surface area contributed by atoms with Gasteiger partial charge in [-0.1, -0.05) is 24.3 Å². The third-order valence-electron chi connectivity index (χ3n) is 6.07. The Balaban J connectivity index is 0.00000341. The van der Waals surface area contributed by atoms with E-state index in [9.17, 15) is 9.90 Å². The van der Waals surface area contributed by atoms with Gasteiger partial charge in [0.25, 0.3) is 0 Å². The normalized spacial score (nSPS) is 15.5. The predicted molar refractivity (Wildman–Crippen MR) is 115 cm³/mol. The number of quaternary nitrogens is 1. The first-order chi connectivity index (χ1) is 14.4. The number of halogens is 1. The van der Waals surface area contributed by atoms with Crippen molar-refractivity contribution in [3.63, 3.8) is 0 Å². The Hall–Kier alpha value is -2.09. The SMILES string of the molecule is COc1ccc(C(O)(C(=O)OCC[N+]2(C)CCCCC2)c2ccc(OC)cc2)cc1.[Br-]. The van der Waals surface area contributed by atoms with Crippen molar-refractivity contribution in [2.75, 3.05) is 47.5 Å². The van der Waals surface area contributed by atoms with Crippen molar-refractivity contribution in [2.45, 2.75) is 24.9 Å². The number of carbonyl (C=O) groups excluding carboxylic acids is 1. The van der Waals surface area contributed by atoms with Gasteiger partial charge >= 0.3 is 5.97 Å². The second-order valence-electron chi connectivity index (χ2n) is 8.15. The fourth-order valence-electron chi connectivity index (χ4n) is 4.03. The minimum absolute atomic E-state index is 0. The first kappa shape index (κ1) is 25.2. The Kier molecular flexibility index (Phi) is 8.91. The van der Waals surface area contributed by atoms with Crippen LogP contribution in [0.1, 0.15) is 30.4 Å². The molecule has 1 N–H and O–H groups in total. The number of ether oxygens (including phenoxy) is 3. The summed E-state index contributed by atoms with van der Waals surface area (Å²) in [4.78, 5) is 13.2. The minimum atomic E-state index is -1.92. The number of aliphatic hydroxyl groups is 1. The molecule has 6 nitrogen and oxygen atoms in total. The molecular formula is C24H32BrNO5. The average Bonchev–Trinajstić information content (AvgIpc) is 2.79. The quantitative estimate of drug-likeness (QED) is 0.417. The molecule has 7 heteroatoms. The van der Waals surface area contributed by atoms with Gasteiger partial charge in [0.05, 0.1) is 34.4 Å². The highest BCUT2D eigenvalue weighted by molar-refractivity contribution is 5.85. The molecule has 0 amide bonds. The minimum Gasteiger partial charge on any atom is -1.00 e. The number of carbonyl (C=O) groups is 1. The maximum atomic E-state index is 13.2. The van der Waals surface area contributed by atoms with Crippen LogP contribution in [0.2, 0.25) is 0 Å². The molecule has 0 spiro atoms. The third-order valence-corrected chi connectivity index (χ3v) is 6.07. The lowest BCUT2D eigenvalue weighted by molar-refractivity contribution is -0.914. The van der Waals surface area contributed by atoms with Crippen LogP contribution in [0.3, 0.4) is 0 Å². The number of esters is 1. The number of methoxy groups -OCH3 is 2. The van der Waals surface area contributed by atoms with Crippen LogP contribution in [0.5, 0.6) is 11.5 Å². The second kappa shape index (κ2) is 11.0. The van der Waals surface area contributed by atoms with Crippen LogP contribution >= 0.6 is 0 Å². The van der Waals surface area contributed by atoms with Crippen LogP contribution < -0.4 is 26.5 Å². The highest BCUT2D eigenvalue weighted by Crippen LogP contribution is 2.33. The van der Waals surface area contributed by atoms with Gasteiger partial charge in [0.15, 0.2) is 0 Å². The third kappa shape index (κ3) is 5.79. The number of likely N-dealkylation sites (N-methyl/N-ethyl adjacent to an activating group) is 1. The van der Waals surface area contributed by atoms with E-state index in [1.807, 2.05) is 0 Å². The van der Waals surface area contributed by atoms with Crippen molar-refractivity contribution in [3.05, 3.63) is 59.7 Å². The molecular weight excluding hydrogens is 462 g/mol. The van der Waals surface area contributed by atoms with E-state index in [4.69, 9.17) is 14.2 Å². The molecule has 0 radical (unpaired) electrons. The highest BCUT2D eigenvalue weighted by atomic mass is 79.9. The van der Waals surface area contributed by atoms with Crippen molar-refractivity contribution in [2.24, 2.45) is 0 Å². The maximum absolute atomic E-state index is 13.2. The Morgan fingerprint density at radius 1 is 0.903 bits per heavy atom. The lowest BCUT2D eigenvalue weighted by Crippen LogP contribution is -3.00. The number of nitrogens with zero attached hydrogens (tertiary/aromatic N) is 1. The summed E-state index contributed by atoms with van der Waals surface area (Å²) >= 11 is 0. The Morgan fingerprint density at radius 2 is 1.35 bits per heavy atom. The first-order valence-electron chi connectivity index (χ1n) is 10.4. The first-order valence-corrected chi connectivity index (χ1v) is 10.4. The zero-order valence-electron chi connectivity index (χ0n) is 18.5. The zero-order chi connectivity index (χ0) is 21.6. The number of hydrogen-bond donors (Lipinski definition) is 1. The molecule has 170 valence electrons. The fraction of sp³-hybridized carbons (Fsp3) is 0.458. The number of rotatable bonds is 8. The van der Waals surface area contributed by atoms with Crippen molar-refractivity contribution in [3.8, 4) is 11.5 Å². The topological polar surface area (TPSA) is 65.0 Å². The summed E-state index contributed by atoms with van der Waals surface area (Å²) in [5.74, 6) is 0.611. The predicted octanol–water partition coefficient (Wildman–Crippen LogP) is 0.117. The summed E-state index contributed by atoms with van der Waals surface area (Å²) in [6.45, 7) is 3.20. The van der Waals surface area contributed by atoms with E-state index in [1.54, 1.807) is 62.8 Å². The Morgan fingerprint density at radius 3 is 1.77 bits per heavy atom. The van der Waals surface area contributed by atoms with E-state index >= 15 is 0 Å². The molecule has 0 unspecified atom stereocenters. The van der Waals surface area contributed by atoms with Gasteiger partial charge in [-0.3, -0.25) is 0 Å². The zero-order valence-corrected chi connectivity index (χ0v) is 20.1. The Labute approximate surface area is 195 Å². The monoisotopic (exact) mass is 493 g/mol. The average molecular weight is 494 g/mol. The van der Waals surface area contributed by atoms with Gasteiger partial charge in [0, 0.05) is 0 Å². The lowest BCUT2D eigenvalue weighted by atomic mass is 9.86. The van der Waals surface area contributed by atoms with E-state index in [-0.39, 0.29) is 23.6 Å². The van der Waals surface area contributed by atoms with Crippen LogP contribution in [-0.4, -0.2) is 63.1 Å². The van der Waals surface area contributed by atoms with Gasteiger partial charge in [-0.25, -0.2) is 4.79 Å². The summed E-state index contributed by atoms with van der Waals surface area (Å²) in [5.41, 5.74) is -1.06. The molecule has 0 aliphatic carbocycles. The molecule has 31 heavy (non-hydrogen) atoms. The van der Waals surface area contributed by atoms with Crippen LogP contribution in [0, 0.1) is 0 Å². The standard InChI is InChI=1S/C24H32NO5.BrH/c1-25(15-5-4-6-16-25)17-18-30-23(26)24(27,19-7-11-21(28-2)12-8-19)20-9-13-22(29-3)14-10-20;/h7-14,27H,4-6,15-18H2,1-3H3;1H/q+1;/p-1. The molecule has 3 rings (SSSR count). The van der Waals surface area contributed by atoms with E-state index in [2.05, 4.69) is 7.05 Å². The van der Waals surface area contributed by atoms with Crippen molar-refractivity contribution < 1.29 is 45.6 Å². The Bertz CT molecular complexity index is 785. The van der Waals surface area contributed by atoms with Crippen LogP contribution in [-0.2, 0) is 15.1 Å². The molecule has 0 saturated carbocycles. The van der Waals surface area contributed by atoms with Gasteiger partial charge in [-0.05, 0) is 54.7 Å². The number of hydrogen-bond acceptors (Lipinski definition) is 5. The highest BCUT2D eigenvalue weighted by Gasteiger charge is 2.42. The van der Waals surface area contributed by atoms with E-state index < -0.39 is 11.6 Å². The van der Waals surface area contributed by atoms with Crippen molar-refractivity contribution in [1.82, 2.24) is 0 Å². The van der Waals surface area contributed by atoms with Crippen LogP contribution in [0.4, 0.5) is 0 Å². The molecule has 1 heterocycles. The molecule has 1 saturated heterocycles. The van der Waals surface area contributed by atoms with Crippen molar-refractivity contribution in [1.29, 1.82) is 0 Å². The van der Waals surface area contributed by atoms with Crippen molar-refractivity contribution >= 4 is 5.97 Å². The molecule has 2 aromatic rings. The van der Waals surface area contributed by atoms with Gasteiger partial charge < -0.3 is 40.8 Å². The van der Waals surface area contributed by atoms with Gasteiger partial charge in [0.1, 0.15) is 24.7 Å². The smallest absolute Gasteiger partial charge is 0.347 e. The summed E-state index contributed by atoms with van der Waals surface area (Å²) in [6, 6.07) is 13.6. The van der Waals surface area contributed by atoms with E-state index in [1.165, 1.54) is 19.3 Å². The number of piperidine rings is 1. The van der Waals surface area contributed by atoms with Gasteiger partial charge in [-0.2, -0.15) is 0 Å². The summed E-state index contributed by atoms with van der Waals surface area (Å²) < 4.78 is 16.9. The number of likely N-dealkylation sites (tertiary alicyclic amines) is 1. The maximum Gasteiger partial charge on any atom is 0.347 e. The number of benzene rings is 2. The van der Waals surface area contributed by atoms with Gasteiger partial charge in [0.2, 0.25) is 5.60 Å². The molecule has 1 aliphatic rings. The molecule has 0 aromatic heterocycles. The molecule has 1 aliphatic heterocycles.